The van der Waals surface area contributed by atoms with Crippen LogP contribution in [0.15, 0.2) is 18.5 Å². The van der Waals surface area contributed by atoms with Gasteiger partial charge in [-0.25, -0.2) is 9.50 Å². The van der Waals surface area contributed by atoms with Gasteiger partial charge >= 0.3 is 6.18 Å². The number of aromatic nitrogens is 3. The van der Waals surface area contributed by atoms with Crippen LogP contribution in [-0.4, -0.2) is 33.7 Å². The molecule has 0 saturated carbocycles. The van der Waals surface area contributed by atoms with Gasteiger partial charge in [0.25, 0.3) is 0 Å². The van der Waals surface area contributed by atoms with Crippen molar-refractivity contribution in [2.24, 2.45) is 11.7 Å². The number of nitrogens with two attached hydrogens (primary N) is 1. The molecule has 0 aromatic carbocycles. The highest BCUT2D eigenvalue weighted by Crippen LogP contribution is 2.32. The van der Waals surface area contributed by atoms with Crippen molar-refractivity contribution < 1.29 is 13.2 Å². The minimum Gasteiger partial charge on any atom is -0.354 e. The molecule has 0 aliphatic carbocycles. The van der Waals surface area contributed by atoms with Crippen molar-refractivity contribution in [3.05, 3.63) is 24.2 Å². The third-order valence-electron chi connectivity index (χ3n) is 3.93. The first-order valence-corrected chi connectivity index (χ1v) is 6.78. The zero-order valence-electron chi connectivity index (χ0n) is 11.5. The lowest BCUT2D eigenvalue weighted by Gasteiger charge is -2.19. The summed E-state index contributed by atoms with van der Waals surface area (Å²) in [5.41, 5.74) is 5.37. The molecule has 1 aliphatic rings. The van der Waals surface area contributed by atoms with E-state index in [1.54, 1.807) is 0 Å². The van der Waals surface area contributed by atoms with E-state index in [-0.39, 0.29) is 6.04 Å². The van der Waals surface area contributed by atoms with Crippen LogP contribution in [0.4, 0.5) is 19.0 Å². The van der Waals surface area contributed by atoms with Crippen molar-refractivity contribution in [1.82, 2.24) is 14.6 Å². The first kappa shape index (κ1) is 14.1. The molecule has 2 N–H and O–H groups in total. The van der Waals surface area contributed by atoms with E-state index < -0.39 is 11.9 Å². The fraction of sp³-hybridized carbons (Fsp3) is 0.538. The van der Waals surface area contributed by atoms with Gasteiger partial charge in [-0.05, 0) is 19.3 Å². The predicted molar refractivity (Wildman–Crippen MR) is 72.0 cm³/mol. The summed E-state index contributed by atoms with van der Waals surface area (Å²) in [5, 5.41) is 3.57. The van der Waals surface area contributed by atoms with Gasteiger partial charge in [0.05, 0.1) is 0 Å². The molecular formula is C13H16F3N5. The second kappa shape index (κ2) is 4.87. The molecule has 1 fully saturated rings. The van der Waals surface area contributed by atoms with Crippen LogP contribution in [-0.2, 0) is 6.18 Å². The highest BCUT2D eigenvalue weighted by molar-refractivity contribution is 5.69. The number of anilines is 1. The summed E-state index contributed by atoms with van der Waals surface area (Å²) in [6, 6.07) is 1.10. The van der Waals surface area contributed by atoms with Gasteiger partial charge in [0.2, 0.25) is 0 Å². The average Bonchev–Trinajstić information content (AvgIpc) is 3.04. The second-order valence-corrected chi connectivity index (χ2v) is 5.46. The normalized spacial score (nSPS) is 21.2. The van der Waals surface area contributed by atoms with E-state index in [9.17, 15) is 13.2 Å². The third kappa shape index (κ3) is 2.55. The molecule has 1 saturated heterocycles. The van der Waals surface area contributed by atoms with Crippen molar-refractivity contribution in [1.29, 1.82) is 0 Å². The first-order chi connectivity index (χ1) is 9.86. The summed E-state index contributed by atoms with van der Waals surface area (Å²) >= 11 is 0. The predicted octanol–water partition coefficient (Wildman–Crippen LogP) is 1.92. The molecule has 0 bridgehead atoms. The fourth-order valence-electron chi connectivity index (χ4n) is 2.70. The van der Waals surface area contributed by atoms with Crippen LogP contribution >= 0.6 is 0 Å². The molecule has 2 unspecified atom stereocenters. The third-order valence-corrected chi connectivity index (χ3v) is 3.93. The Balaban J connectivity index is 1.98. The summed E-state index contributed by atoms with van der Waals surface area (Å²) < 4.78 is 39.6. The van der Waals surface area contributed by atoms with Gasteiger partial charge in [-0.3, -0.25) is 0 Å². The molecule has 2 aromatic heterocycles. The van der Waals surface area contributed by atoms with Crippen molar-refractivity contribution in [2.45, 2.75) is 25.6 Å². The molecule has 114 valence electrons. The number of rotatable bonds is 2. The van der Waals surface area contributed by atoms with E-state index in [2.05, 4.69) is 10.1 Å². The Bertz CT molecular complexity index is 649. The molecule has 0 amide bonds. The van der Waals surface area contributed by atoms with Crippen molar-refractivity contribution >= 4 is 11.3 Å². The minimum atomic E-state index is -4.46. The van der Waals surface area contributed by atoms with Crippen LogP contribution in [0.25, 0.3) is 5.52 Å². The van der Waals surface area contributed by atoms with E-state index >= 15 is 0 Å². The van der Waals surface area contributed by atoms with Crippen molar-refractivity contribution in [3.8, 4) is 0 Å². The quantitative estimate of drug-likeness (QED) is 0.920. The monoisotopic (exact) mass is 299 g/mol. The van der Waals surface area contributed by atoms with Crippen molar-refractivity contribution in [3.63, 3.8) is 0 Å². The minimum absolute atomic E-state index is 0.0605. The van der Waals surface area contributed by atoms with Crippen molar-refractivity contribution in [2.75, 3.05) is 18.0 Å². The zero-order chi connectivity index (χ0) is 15.2. The number of hydrogen-bond acceptors (Lipinski definition) is 4. The van der Waals surface area contributed by atoms with Crippen LogP contribution < -0.4 is 10.6 Å². The van der Waals surface area contributed by atoms with E-state index in [0.717, 1.165) is 19.0 Å². The Morgan fingerprint density at radius 3 is 2.81 bits per heavy atom. The average molecular weight is 299 g/mol. The largest absolute Gasteiger partial charge is 0.435 e. The summed E-state index contributed by atoms with van der Waals surface area (Å²) in [6.45, 7) is 3.39. The maximum atomic E-state index is 12.8. The molecule has 3 heterocycles. The van der Waals surface area contributed by atoms with Crippen LogP contribution in [0, 0.1) is 5.92 Å². The van der Waals surface area contributed by atoms with Gasteiger partial charge in [-0.2, -0.15) is 18.3 Å². The van der Waals surface area contributed by atoms with Crippen LogP contribution in [0.2, 0.25) is 0 Å². The van der Waals surface area contributed by atoms with E-state index in [0.29, 0.717) is 23.8 Å². The molecule has 2 atom stereocenters. The highest BCUT2D eigenvalue weighted by atomic mass is 19.4. The summed E-state index contributed by atoms with van der Waals surface area (Å²) in [6.07, 6.45) is -0.648. The molecule has 21 heavy (non-hydrogen) atoms. The maximum absolute atomic E-state index is 12.8. The van der Waals surface area contributed by atoms with Gasteiger partial charge in [-0.1, -0.05) is 0 Å². The molecule has 2 aromatic rings. The Labute approximate surface area is 119 Å². The lowest BCUT2D eigenvalue weighted by molar-refractivity contribution is -0.141. The topological polar surface area (TPSA) is 59.5 Å². The maximum Gasteiger partial charge on any atom is 0.435 e. The lowest BCUT2D eigenvalue weighted by Crippen LogP contribution is -2.30. The molecule has 3 rings (SSSR count). The standard InChI is InChI=1S/C13H16F3N5/c1-8(17)9-2-4-20(7-9)12-10-6-11(13(14,15)16)19-21(10)5-3-18-12/h3,5-6,8-9H,2,4,7,17H2,1H3. The molecule has 0 spiro atoms. The molecule has 0 radical (unpaired) electrons. The van der Waals surface area contributed by atoms with Gasteiger partial charge in [0.1, 0.15) is 5.52 Å². The Hall–Kier alpha value is -1.83. The molecular weight excluding hydrogens is 283 g/mol. The number of fused-ring (bicyclic) bond motifs is 1. The van der Waals surface area contributed by atoms with Gasteiger partial charge < -0.3 is 10.6 Å². The zero-order valence-corrected chi connectivity index (χ0v) is 11.5. The fourth-order valence-corrected chi connectivity index (χ4v) is 2.70. The molecule has 5 nitrogen and oxygen atoms in total. The second-order valence-electron chi connectivity index (χ2n) is 5.46. The number of hydrogen-bond donors (Lipinski definition) is 1. The molecule has 1 aliphatic heterocycles. The Morgan fingerprint density at radius 1 is 1.43 bits per heavy atom. The van der Waals surface area contributed by atoms with Crippen LogP contribution in [0.3, 0.4) is 0 Å². The number of alkyl halides is 3. The Morgan fingerprint density at radius 2 is 2.19 bits per heavy atom. The van der Waals surface area contributed by atoms with E-state index in [1.165, 1.54) is 16.9 Å². The number of halogens is 3. The van der Waals surface area contributed by atoms with Crippen LogP contribution in [0.1, 0.15) is 19.0 Å². The Kier molecular flexibility index (Phi) is 3.27. The highest BCUT2D eigenvalue weighted by Gasteiger charge is 2.35. The lowest BCUT2D eigenvalue weighted by atomic mass is 10.0. The van der Waals surface area contributed by atoms with Gasteiger partial charge in [0.15, 0.2) is 11.5 Å². The summed E-state index contributed by atoms with van der Waals surface area (Å²) in [5.74, 6) is 0.862. The van der Waals surface area contributed by atoms with Gasteiger partial charge in [0, 0.05) is 37.6 Å². The smallest absolute Gasteiger partial charge is 0.354 e. The summed E-state index contributed by atoms with van der Waals surface area (Å²) in [4.78, 5) is 6.21. The summed E-state index contributed by atoms with van der Waals surface area (Å²) in [7, 11) is 0. The van der Waals surface area contributed by atoms with Crippen LogP contribution in [0.5, 0.6) is 0 Å². The molecule has 8 heteroatoms. The van der Waals surface area contributed by atoms with E-state index in [1.807, 2.05) is 11.8 Å². The SMILES string of the molecule is CC(N)C1CCN(c2nccn3nc(C(F)(F)F)cc23)C1. The first-order valence-electron chi connectivity index (χ1n) is 6.78. The van der Waals surface area contributed by atoms with E-state index in [4.69, 9.17) is 5.73 Å². The number of nitrogens with zero attached hydrogens (tertiary/aromatic N) is 4. The van der Waals surface area contributed by atoms with Gasteiger partial charge in [-0.15, -0.1) is 0 Å².